The van der Waals surface area contributed by atoms with E-state index in [1.54, 1.807) is 0 Å². The molecule has 2 heterocycles. The molecule has 0 fully saturated rings. The average Bonchev–Trinajstić information content (AvgIpc) is 3.80. The molecule has 258 valence electrons. The van der Waals surface area contributed by atoms with Crippen LogP contribution >= 0.6 is 0 Å². The van der Waals surface area contributed by atoms with E-state index in [0.717, 1.165) is 66.9 Å². The van der Waals surface area contributed by atoms with Crippen molar-refractivity contribution in [1.82, 2.24) is 4.57 Å². The normalized spacial score (nSPS) is 11.6. The summed E-state index contributed by atoms with van der Waals surface area (Å²) in [5.74, 6) is 0. The minimum absolute atomic E-state index is 0.893. The van der Waals surface area contributed by atoms with Crippen LogP contribution in [0.4, 0.5) is 17.1 Å². The molecule has 11 aromatic rings. The molecule has 0 aliphatic heterocycles. The molecule has 0 radical (unpaired) electrons. The van der Waals surface area contributed by atoms with Crippen LogP contribution < -0.4 is 4.90 Å². The SMILES string of the molecule is c1ccc(-c2cccc3c2oc2ccc(-c4ccc(N(c5ccc6c(c5)c5ccccc5n6-c5ccccc5)c5cccc6ccccc56)cc4)cc23)cc1. The zero-order valence-corrected chi connectivity index (χ0v) is 29.9. The van der Waals surface area contributed by atoms with E-state index in [2.05, 4.69) is 210 Å². The minimum atomic E-state index is 0.893. The van der Waals surface area contributed by atoms with Gasteiger partial charge in [0.1, 0.15) is 11.2 Å². The molecule has 0 aliphatic rings. The summed E-state index contributed by atoms with van der Waals surface area (Å²) in [6.45, 7) is 0. The number of aromatic nitrogens is 1. The number of fused-ring (bicyclic) bond motifs is 7. The lowest BCUT2D eigenvalue weighted by Gasteiger charge is -2.27. The standard InChI is InChI=1S/C52H34N2O/c1-3-13-37(14-4-1)43-21-12-22-45-47-33-38(27-32-51(47)55-52(43)45)35-25-28-40(29-26-35)53(48-24-11-16-36-15-7-8-19-42(36)48)41-30-31-50-46(34-41)44-20-9-10-23-49(44)54(50)39-17-5-2-6-18-39/h1-34H. The smallest absolute Gasteiger partial charge is 0.143 e. The number of hydrogen-bond acceptors (Lipinski definition) is 2. The Balaban J connectivity index is 1.05. The van der Waals surface area contributed by atoms with Crippen molar-refractivity contribution in [3.8, 4) is 27.9 Å². The number of rotatable bonds is 6. The molecule has 0 unspecified atom stereocenters. The van der Waals surface area contributed by atoms with Crippen LogP contribution in [0, 0.1) is 0 Å². The summed E-state index contributed by atoms with van der Waals surface area (Å²) in [6, 6.07) is 73.9. The maximum atomic E-state index is 6.49. The van der Waals surface area contributed by atoms with Gasteiger partial charge in [-0.15, -0.1) is 0 Å². The summed E-state index contributed by atoms with van der Waals surface area (Å²) in [6.07, 6.45) is 0. The van der Waals surface area contributed by atoms with Crippen LogP contribution in [0.15, 0.2) is 211 Å². The summed E-state index contributed by atoms with van der Waals surface area (Å²) >= 11 is 0. The number of benzene rings is 9. The van der Waals surface area contributed by atoms with Crippen LogP contribution in [0.25, 0.3) is 82.5 Å². The van der Waals surface area contributed by atoms with Crippen molar-refractivity contribution in [3.63, 3.8) is 0 Å². The highest BCUT2D eigenvalue weighted by Gasteiger charge is 2.19. The van der Waals surface area contributed by atoms with E-state index in [1.807, 2.05) is 6.07 Å². The molecule has 2 aromatic heterocycles. The van der Waals surface area contributed by atoms with E-state index in [9.17, 15) is 0 Å². The highest BCUT2D eigenvalue weighted by molar-refractivity contribution is 6.12. The Morgan fingerprint density at radius 1 is 0.382 bits per heavy atom. The molecule has 0 saturated heterocycles. The maximum Gasteiger partial charge on any atom is 0.143 e. The van der Waals surface area contributed by atoms with E-state index in [-0.39, 0.29) is 0 Å². The van der Waals surface area contributed by atoms with Gasteiger partial charge in [-0.25, -0.2) is 0 Å². The number of para-hydroxylation sites is 3. The monoisotopic (exact) mass is 702 g/mol. The van der Waals surface area contributed by atoms with Crippen molar-refractivity contribution < 1.29 is 4.42 Å². The number of furan rings is 1. The molecule has 3 nitrogen and oxygen atoms in total. The number of nitrogens with zero attached hydrogens (tertiary/aromatic N) is 2. The molecule has 11 rings (SSSR count). The fourth-order valence-corrected chi connectivity index (χ4v) is 8.41. The summed E-state index contributed by atoms with van der Waals surface area (Å²) < 4.78 is 8.86. The summed E-state index contributed by atoms with van der Waals surface area (Å²) in [7, 11) is 0. The fourth-order valence-electron chi connectivity index (χ4n) is 8.41. The van der Waals surface area contributed by atoms with Crippen LogP contribution in [-0.4, -0.2) is 4.57 Å². The predicted molar refractivity (Wildman–Crippen MR) is 231 cm³/mol. The van der Waals surface area contributed by atoms with Gasteiger partial charge in [-0.3, -0.25) is 0 Å². The Kier molecular flexibility index (Phi) is 7.17. The molecule has 0 bridgehead atoms. The molecule has 9 aromatic carbocycles. The first-order valence-corrected chi connectivity index (χ1v) is 18.8. The van der Waals surface area contributed by atoms with Gasteiger partial charge in [-0.05, 0) is 88.8 Å². The van der Waals surface area contributed by atoms with E-state index >= 15 is 0 Å². The van der Waals surface area contributed by atoms with Crippen LogP contribution in [-0.2, 0) is 0 Å². The van der Waals surface area contributed by atoms with Gasteiger partial charge in [0.2, 0.25) is 0 Å². The first-order valence-electron chi connectivity index (χ1n) is 18.8. The Bertz CT molecular complexity index is 3190. The van der Waals surface area contributed by atoms with Crippen molar-refractivity contribution >= 4 is 71.6 Å². The second-order valence-corrected chi connectivity index (χ2v) is 14.1. The molecular weight excluding hydrogens is 669 g/mol. The topological polar surface area (TPSA) is 21.3 Å². The zero-order valence-electron chi connectivity index (χ0n) is 29.9. The molecule has 3 heteroatoms. The lowest BCUT2D eigenvalue weighted by molar-refractivity contribution is 0.670. The largest absolute Gasteiger partial charge is 0.455 e. The first-order chi connectivity index (χ1) is 27.3. The Morgan fingerprint density at radius 2 is 1.04 bits per heavy atom. The predicted octanol–water partition coefficient (Wildman–Crippen LogP) is 14.6. The lowest BCUT2D eigenvalue weighted by Crippen LogP contribution is -2.10. The second-order valence-electron chi connectivity index (χ2n) is 14.1. The van der Waals surface area contributed by atoms with Gasteiger partial charge in [0.05, 0.1) is 16.7 Å². The van der Waals surface area contributed by atoms with Gasteiger partial charge in [-0.1, -0.05) is 140 Å². The molecule has 0 spiro atoms. The third-order valence-corrected chi connectivity index (χ3v) is 11.0. The third-order valence-electron chi connectivity index (χ3n) is 11.0. The zero-order chi connectivity index (χ0) is 36.3. The van der Waals surface area contributed by atoms with Crippen molar-refractivity contribution in [3.05, 3.63) is 206 Å². The maximum absolute atomic E-state index is 6.49. The number of hydrogen-bond donors (Lipinski definition) is 0. The van der Waals surface area contributed by atoms with Gasteiger partial charge in [0, 0.05) is 49.6 Å². The molecule has 55 heavy (non-hydrogen) atoms. The van der Waals surface area contributed by atoms with E-state index < -0.39 is 0 Å². The van der Waals surface area contributed by atoms with Crippen LogP contribution in [0.2, 0.25) is 0 Å². The second kappa shape index (κ2) is 12.6. The summed E-state index contributed by atoms with van der Waals surface area (Å²) in [4.78, 5) is 2.40. The highest BCUT2D eigenvalue weighted by Crippen LogP contribution is 2.43. The molecule has 0 saturated carbocycles. The first kappa shape index (κ1) is 31.2. The van der Waals surface area contributed by atoms with Gasteiger partial charge < -0.3 is 13.9 Å². The number of anilines is 3. The van der Waals surface area contributed by atoms with E-state index in [0.29, 0.717) is 0 Å². The molecular formula is C52H34N2O. The van der Waals surface area contributed by atoms with Gasteiger partial charge >= 0.3 is 0 Å². The van der Waals surface area contributed by atoms with Crippen molar-refractivity contribution in [2.75, 3.05) is 4.90 Å². The van der Waals surface area contributed by atoms with Gasteiger partial charge in [0.15, 0.2) is 0 Å². The van der Waals surface area contributed by atoms with Gasteiger partial charge in [-0.2, -0.15) is 0 Å². The van der Waals surface area contributed by atoms with Crippen LogP contribution in [0.1, 0.15) is 0 Å². The fraction of sp³-hybridized carbons (Fsp3) is 0. The summed E-state index contributed by atoms with van der Waals surface area (Å²) in [5.41, 5.74) is 13.2. The molecule has 0 aliphatic carbocycles. The lowest BCUT2D eigenvalue weighted by atomic mass is 10.00. The average molecular weight is 703 g/mol. The van der Waals surface area contributed by atoms with Gasteiger partial charge in [0.25, 0.3) is 0 Å². The van der Waals surface area contributed by atoms with E-state index in [4.69, 9.17) is 4.42 Å². The molecule has 0 atom stereocenters. The third kappa shape index (κ3) is 5.13. The summed E-state index contributed by atoms with van der Waals surface area (Å²) in [5, 5.41) is 7.10. The van der Waals surface area contributed by atoms with Crippen molar-refractivity contribution in [2.24, 2.45) is 0 Å². The Hall–Kier alpha value is -7.36. The molecule has 0 amide bonds. The van der Waals surface area contributed by atoms with Crippen LogP contribution in [0.3, 0.4) is 0 Å². The highest BCUT2D eigenvalue weighted by atomic mass is 16.3. The van der Waals surface area contributed by atoms with Crippen molar-refractivity contribution in [2.45, 2.75) is 0 Å². The Labute approximate surface area is 318 Å². The van der Waals surface area contributed by atoms with E-state index in [1.165, 1.54) is 32.6 Å². The van der Waals surface area contributed by atoms with Crippen molar-refractivity contribution in [1.29, 1.82) is 0 Å². The quantitative estimate of drug-likeness (QED) is 0.172. The molecule has 0 N–H and O–H groups in total. The minimum Gasteiger partial charge on any atom is -0.455 e. The van der Waals surface area contributed by atoms with Crippen LogP contribution in [0.5, 0.6) is 0 Å². The Morgan fingerprint density at radius 3 is 1.89 bits per heavy atom.